The number of hydrogen-bond acceptors (Lipinski definition) is 2. The molecule has 106 valence electrons. The van der Waals surface area contributed by atoms with E-state index < -0.39 is 0 Å². The molecular formula is C14H20Cl2N2O. The van der Waals surface area contributed by atoms with E-state index in [-0.39, 0.29) is 11.9 Å². The highest BCUT2D eigenvalue weighted by molar-refractivity contribution is 6.40. The molecular weight excluding hydrogens is 283 g/mol. The molecule has 0 amide bonds. The van der Waals surface area contributed by atoms with E-state index in [9.17, 15) is 0 Å². The van der Waals surface area contributed by atoms with E-state index in [0.717, 1.165) is 12.2 Å². The van der Waals surface area contributed by atoms with Gasteiger partial charge in [-0.25, -0.2) is 4.98 Å². The lowest BCUT2D eigenvalue weighted by atomic mass is 10.2. The summed E-state index contributed by atoms with van der Waals surface area (Å²) in [7, 11) is 0. The van der Waals surface area contributed by atoms with Gasteiger partial charge in [-0.3, -0.25) is 0 Å². The molecule has 1 N–H and O–H groups in total. The number of rotatable bonds is 3. The van der Waals surface area contributed by atoms with Crippen LogP contribution >= 0.6 is 23.2 Å². The van der Waals surface area contributed by atoms with Crippen LogP contribution in [0.25, 0.3) is 0 Å². The van der Waals surface area contributed by atoms with E-state index in [2.05, 4.69) is 17.1 Å². The highest BCUT2D eigenvalue weighted by atomic mass is 35.5. The maximum Gasteiger partial charge on any atom is 0.0967 e. The zero-order valence-corrected chi connectivity index (χ0v) is 12.8. The monoisotopic (exact) mass is 302 g/mol. The first-order chi connectivity index (χ1) is 9.31. The van der Waals surface area contributed by atoms with E-state index in [1.54, 1.807) is 12.5 Å². The molecule has 1 heterocycles. The highest BCUT2D eigenvalue weighted by Crippen LogP contribution is 2.05. The standard InChI is InChI=1S/C11H12N2O.C2H6.CH2Cl2/c14-8-11-6-12-9-13(11)7-10-4-2-1-3-5-10;1-2;2-1-3/h1-6,9,14H,7-8H2;1-2H3;1H2. The lowest BCUT2D eigenvalue weighted by Crippen LogP contribution is -2.02. The minimum atomic E-state index is 0.0346. The van der Waals surface area contributed by atoms with Gasteiger partial charge in [-0.15, -0.1) is 23.2 Å². The van der Waals surface area contributed by atoms with Crippen molar-refractivity contribution in [3.63, 3.8) is 0 Å². The molecule has 0 bridgehead atoms. The molecule has 1 aromatic heterocycles. The first-order valence-electron chi connectivity index (χ1n) is 6.07. The van der Waals surface area contributed by atoms with Gasteiger partial charge < -0.3 is 9.67 Å². The number of aliphatic hydroxyl groups excluding tert-OH is 1. The summed E-state index contributed by atoms with van der Waals surface area (Å²) in [4.78, 5) is 3.99. The predicted octanol–water partition coefficient (Wildman–Crippen LogP) is 3.87. The van der Waals surface area contributed by atoms with Crippen molar-refractivity contribution in [2.75, 3.05) is 5.34 Å². The van der Waals surface area contributed by atoms with Crippen molar-refractivity contribution in [3.8, 4) is 0 Å². The Kier molecular flexibility index (Phi) is 11.4. The number of nitrogens with zero attached hydrogens (tertiary/aromatic N) is 2. The average molecular weight is 303 g/mol. The van der Waals surface area contributed by atoms with E-state index in [1.807, 2.05) is 36.6 Å². The number of imidazole rings is 1. The van der Waals surface area contributed by atoms with Crippen LogP contribution in [-0.4, -0.2) is 20.0 Å². The molecule has 0 saturated carbocycles. The number of benzene rings is 1. The van der Waals surface area contributed by atoms with Crippen molar-refractivity contribution in [1.29, 1.82) is 0 Å². The van der Waals surface area contributed by atoms with Gasteiger partial charge in [0.15, 0.2) is 0 Å². The van der Waals surface area contributed by atoms with Crippen molar-refractivity contribution in [3.05, 3.63) is 54.1 Å². The van der Waals surface area contributed by atoms with Gasteiger partial charge in [0.1, 0.15) is 0 Å². The van der Waals surface area contributed by atoms with Crippen molar-refractivity contribution in [2.45, 2.75) is 27.0 Å². The summed E-state index contributed by atoms with van der Waals surface area (Å²) in [5.74, 6) is 0. The van der Waals surface area contributed by atoms with E-state index in [4.69, 9.17) is 28.3 Å². The second kappa shape index (κ2) is 12.0. The van der Waals surface area contributed by atoms with Gasteiger partial charge in [0.2, 0.25) is 0 Å². The van der Waals surface area contributed by atoms with Crippen LogP contribution in [0, 0.1) is 0 Å². The van der Waals surface area contributed by atoms with Crippen LogP contribution in [0.15, 0.2) is 42.9 Å². The smallest absolute Gasteiger partial charge is 0.0967 e. The second-order valence-corrected chi connectivity index (χ2v) is 4.07. The largest absolute Gasteiger partial charge is 0.390 e. The number of hydrogen-bond donors (Lipinski definition) is 1. The number of alkyl halides is 2. The maximum absolute atomic E-state index is 9.02. The Morgan fingerprint density at radius 2 is 1.74 bits per heavy atom. The van der Waals surface area contributed by atoms with E-state index in [1.165, 1.54) is 5.56 Å². The van der Waals surface area contributed by atoms with Crippen LogP contribution in [0.1, 0.15) is 25.1 Å². The number of aromatic nitrogens is 2. The Hall–Kier alpha value is -1.03. The molecule has 0 saturated heterocycles. The maximum atomic E-state index is 9.02. The molecule has 0 unspecified atom stereocenters. The van der Waals surface area contributed by atoms with Crippen LogP contribution < -0.4 is 0 Å². The Balaban J connectivity index is 0.000000573. The van der Waals surface area contributed by atoms with Gasteiger partial charge in [-0.05, 0) is 5.56 Å². The van der Waals surface area contributed by atoms with Crippen molar-refractivity contribution < 1.29 is 5.11 Å². The number of halogens is 2. The molecule has 2 aromatic rings. The molecule has 1 aromatic carbocycles. The average Bonchev–Trinajstić information content (AvgIpc) is 2.90. The lowest BCUT2D eigenvalue weighted by Gasteiger charge is -2.05. The van der Waals surface area contributed by atoms with Gasteiger partial charge in [0, 0.05) is 6.54 Å². The highest BCUT2D eigenvalue weighted by Gasteiger charge is 2.00. The summed E-state index contributed by atoms with van der Waals surface area (Å²) >= 11 is 9.53. The fourth-order valence-corrected chi connectivity index (χ4v) is 1.40. The summed E-state index contributed by atoms with van der Waals surface area (Å²) < 4.78 is 1.94. The Morgan fingerprint density at radius 1 is 1.16 bits per heavy atom. The zero-order valence-electron chi connectivity index (χ0n) is 11.3. The van der Waals surface area contributed by atoms with E-state index in [0.29, 0.717) is 0 Å². The third kappa shape index (κ3) is 7.21. The summed E-state index contributed by atoms with van der Waals surface area (Å²) in [6, 6.07) is 10.1. The third-order valence-corrected chi connectivity index (χ3v) is 2.16. The fourth-order valence-electron chi connectivity index (χ4n) is 1.40. The molecule has 0 atom stereocenters. The lowest BCUT2D eigenvalue weighted by molar-refractivity contribution is 0.271. The Bertz CT molecular complexity index is 418. The topological polar surface area (TPSA) is 38.1 Å². The molecule has 0 aliphatic heterocycles. The third-order valence-electron chi connectivity index (χ3n) is 2.16. The van der Waals surface area contributed by atoms with E-state index >= 15 is 0 Å². The quantitative estimate of drug-likeness (QED) is 0.874. The second-order valence-electron chi connectivity index (χ2n) is 3.26. The van der Waals surface area contributed by atoms with Crippen LogP contribution in [0.3, 0.4) is 0 Å². The first kappa shape index (κ1) is 18.0. The van der Waals surface area contributed by atoms with Crippen LogP contribution in [0.2, 0.25) is 0 Å². The van der Waals surface area contributed by atoms with Gasteiger partial charge in [0.05, 0.1) is 30.2 Å². The summed E-state index contributed by atoms with van der Waals surface area (Å²) in [6.07, 6.45) is 3.42. The first-order valence-corrected chi connectivity index (χ1v) is 7.14. The number of aliphatic hydroxyl groups is 1. The van der Waals surface area contributed by atoms with Crippen molar-refractivity contribution in [1.82, 2.24) is 9.55 Å². The normalized spacial score (nSPS) is 8.89. The van der Waals surface area contributed by atoms with Crippen molar-refractivity contribution >= 4 is 23.2 Å². The molecule has 0 aliphatic rings. The zero-order chi connectivity index (χ0) is 14.5. The molecule has 0 spiro atoms. The molecule has 3 nitrogen and oxygen atoms in total. The SMILES string of the molecule is CC.ClCCl.OCc1cncn1Cc1ccccc1. The van der Waals surface area contributed by atoms with Crippen LogP contribution in [0.4, 0.5) is 0 Å². The predicted molar refractivity (Wildman–Crippen MR) is 81.6 cm³/mol. The minimum Gasteiger partial charge on any atom is -0.390 e. The fraction of sp³-hybridized carbons (Fsp3) is 0.357. The molecule has 0 fully saturated rings. The van der Waals surface area contributed by atoms with Gasteiger partial charge in [-0.1, -0.05) is 44.2 Å². The van der Waals surface area contributed by atoms with Gasteiger partial charge >= 0.3 is 0 Å². The Morgan fingerprint density at radius 3 is 2.26 bits per heavy atom. The molecule has 2 rings (SSSR count). The molecule has 5 heteroatoms. The van der Waals surface area contributed by atoms with Gasteiger partial charge in [0.25, 0.3) is 0 Å². The Labute approximate surface area is 124 Å². The summed E-state index contributed by atoms with van der Waals surface area (Å²) in [5.41, 5.74) is 2.05. The van der Waals surface area contributed by atoms with Crippen LogP contribution in [0.5, 0.6) is 0 Å². The van der Waals surface area contributed by atoms with Crippen LogP contribution in [-0.2, 0) is 13.2 Å². The summed E-state index contributed by atoms with van der Waals surface area (Å²) in [5, 5.41) is 9.22. The summed E-state index contributed by atoms with van der Waals surface area (Å²) in [6.45, 7) is 4.80. The van der Waals surface area contributed by atoms with Crippen molar-refractivity contribution in [2.24, 2.45) is 0 Å². The molecule has 0 aliphatic carbocycles. The van der Waals surface area contributed by atoms with Gasteiger partial charge in [-0.2, -0.15) is 0 Å². The minimum absolute atomic E-state index is 0.0346. The molecule has 0 radical (unpaired) electrons. The molecule has 19 heavy (non-hydrogen) atoms.